The molecule has 2 aromatic rings. The third-order valence-corrected chi connectivity index (χ3v) is 3.26. The van der Waals surface area contributed by atoms with E-state index in [-0.39, 0.29) is 0 Å². The number of thiophene rings is 1. The van der Waals surface area contributed by atoms with Gasteiger partial charge < -0.3 is 5.32 Å². The third-order valence-electron chi connectivity index (χ3n) is 2.53. The highest BCUT2D eigenvalue weighted by Gasteiger charge is 2.05. The first-order valence-electron chi connectivity index (χ1n) is 5.45. The van der Waals surface area contributed by atoms with Crippen LogP contribution in [0.2, 0.25) is 0 Å². The predicted molar refractivity (Wildman–Crippen MR) is 70.1 cm³/mol. The average molecular weight is 232 g/mol. The van der Waals surface area contributed by atoms with E-state index in [0.29, 0.717) is 6.04 Å². The molecule has 2 nitrogen and oxygen atoms in total. The summed E-state index contributed by atoms with van der Waals surface area (Å²) in [4.78, 5) is 4.27. The maximum absolute atomic E-state index is 4.27. The Kier molecular flexibility index (Phi) is 3.57. The number of hydrogen-bond acceptors (Lipinski definition) is 3. The zero-order valence-electron chi connectivity index (χ0n) is 9.60. The maximum atomic E-state index is 4.27. The Hall–Kier alpha value is -1.35. The van der Waals surface area contributed by atoms with E-state index in [9.17, 15) is 0 Å². The summed E-state index contributed by atoms with van der Waals surface area (Å²) in [5, 5.41) is 7.82. The van der Waals surface area contributed by atoms with Gasteiger partial charge in [-0.05, 0) is 54.8 Å². The molecule has 0 amide bonds. The van der Waals surface area contributed by atoms with Crippen molar-refractivity contribution in [3.05, 3.63) is 46.4 Å². The van der Waals surface area contributed by atoms with Crippen LogP contribution < -0.4 is 5.32 Å². The topological polar surface area (TPSA) is 24.9 Å². The van der Waals surface area contributed by atoms with Gasteiger partial charge in [0.1, 0.15) is 0 Å². The number of nitrogens with zero attached hydrogens (tertiary/aromatic N) is 1. The average Bonchev–Trinajstić information content (AvgIpc) is 2.74. The van der Waals surface area contributed by atoms with Gasteiger partial charge in [-0.2, -0.15) is 11.3 Å². The molecule has 0 aromatic carbocycles. The van der Waals surface area contributed by atoms with E-state index in [2.05, 4.69) is 40.1 Å². The molecule has 2 aromatic heterocycles. The predicted octanol–water partition coefficient (Wildman–Crippen LogP) is 3.49. The number of pyridine rings is 1. The SMILES string of the molecule is Cc1ncccc1NC(C)Cc1ccsc1. The molecule has 0 saturated carbocycles. The summed E-state index contributed by atoms with van der Waals surface area (Å²) >= 11 is 1.75. The molecule has 0 aliphatic heterocycles. The Balaban J connectivity index is 1.97. The zero-order valence-corrected chi connectivity index (χ0v) is 10.4. The highest BCUT2D eigenvalue weighted by Crippen LogP contribution is 2.15. The number of anilines is 1. The normalized spacial score (nSPS) is 12.4. The summed E-state index contributed by atoms with van der Waals surface area (Å²) < 4.78 is 0. The number of aryl methyl sites for hydroxylation is 1. The van der Waals surface area contributed by atoms with Crippen molar-refractivity contribution < 1.29 is 0 Å². The van der Waals surface area contributed by atoms with Crippen molar-refractivity contribution in [1.29, 1.82) is 0 Å². The summed E-state index contributed by atoms with van der Waals surface area (Å²) in [6.07, 6.45) is 2.88. The lowest BCUT2D eigenvalue weighted by atomic mass is 10.1. The molecule has 1 N–H and O–H groups in total. The first-order valence-corrected chi connectivity index (χ1v) is 6.39. The van der Waals surface area contributed by atoms with E-state index in [1.807, 2.05) is 19.2 Å². The van der Waals surface area contributed by atoms with Gasteiger partial charge in [0.15, 0.2) is 0 Å². The molecule has 0 aliphatic carbocycles. The quantitative estimate of drug-likeness (QED) is 0.872. The molecule has 0 fully saturated rings. The summed E-state index contributed by atoms with van der Waals surface area (Å²) in [5.74, 6) is 0. The molecule has 0 spiro atoms. The minimum atomic E-state index is 0.428. The Morgan fingerprint density at radius 3 is 3.00 bits per heavy atom. The van der Waals surface area contributed by atoms with Gasteiger partial charge in [-0.25, -0.2) is 0 Å². The van der Waals surface area contributed by atoms with E-state index in [4.69, 9.17) is 0 Å². The minimum absolute atomic E-state index is 0.428. The summed E-state index contributed by atoms with van der Waals surface area (Å²) in [5.41, 5.74) is 3.58. The first-order chi connectivity index (χ1) is 7.75. The molecule has 84 valence electrons. The van der Waals surface area contributed by atoms with Crippen LogP contribution in [0, 0.1) is 6.92 Å². The Bertz CT molecular complexity index is 437. The molecule has 0 bridgehead atoms. The molecule has 3 heteroatoms. The zero-order chi connectivity index (χ0) is 11.4. The van der Waals surface area contributed by atoms with Crippen LogP contribution in [0.4, 0.5) is 5.69 Å². The first kappa shape index (κ1) is 11.1. The fraction of sp³-hybridized carbons (Fsp3) is 0.308. The third kappa shape index (κ3) is 2.83. The number of hydrogen-bond donors (Lipinski definition) is 1. The van der Waals surface area contributed by atoms with Gasteiger partial charge in [-0.15, -0.1) is 0 Å². The standard InChI is InChI=1S/C13H16N2S/c1-10(8-12-5-7-16-9-12)15-13-4-3-6-14-11(13)2/h3-7,9-10,15H,8H2,1-2H3. The number of aromatic nitrogens is 1. The molecule has 0 aliphatic rings. The van der Waals surface area contributed by atoms with Gasteiger partial charge >= 0.3 is 0 Å². The van der Waals surface area contributed by atoms with Crippen molar-refractivity contribution in [3.63, 3.8) is 0 Å². The molecule has 1 atom stereocenters. The number of rotatable bonds is 4. The van der Waals surface area contributed by atoms with Crippen LogP contribution in [0.25, 0.3) is 0 Å². The second-order valence-electron chi connectivity index (χ2n) is 4.02. The summed E-state index contributed by atoms with van der Waals surface area (Å²) in [6.45, 7) is 4.23. The van der Waals surface area contributed by atoms with E-state index in [1.54, 1.807) is 11.3 Å². The Morgan fingerprint density at radius 2 is 2.31 bits per heavy atom. The van der Waals surface area contributed by atoms with Crippen LogP contribution >= 0.6 is 11.3 Å². The molecular formula is C13H16N2S. The summed E-state index contributed by atoms with van der Waals surface area (Å²) in [7, 11) is 0. The summed E-state index contributed by atoms with van der Waals surface area (Å²) in [6, 6.07) is 6.65. The van der Waals surface area contributed by atoms with Crippen LogP contribution in [-0.4, -0.2) is 11.0 Å². The molecule has 0 radical (unpaired) electrons. The van der Waals surface area contributed by atoms with E-state index in [0.717, 1.165) is 17.8 Å². The molecule has 2 rings (SSSR count). The maximum Gasteiger partial charge on any atom is 0.0603 e. The van der Waals surface area contributed by atoms with Crippen LogP contribution in [0.5, 0.6) is 0 Å². The van der Waals surface area contributed by atoms with E-state index >= 15 is 0 Å². The van der Waals surface area contributed by atoms with Crippen molar-refractivity contribution in [1.82, 2.24) is 4.98 Å². The van der Waals surface area contributed by atoms with Gasteiger partial charge in [0.25, 0.3) is 0 Å². The van der Waals surface area contributed by atoms with E-state index < -0.39 is 0 Å². The lowest BCUT2D eigenvalue weighted by Crippen LogP contribution is -2.18. The molecule has 16 heavy (non-hydrogen) atoms. The second kappa shape index (κ2) is 5.12. The van der Waals surface area contributed by atoms with Crippen LogP contribution in [0.1, 0.15) is 18.2 Å². The van der Waals surface area contributed by atoms with Crippen molar-refractivity contribution in [2.45, 2.75) is 26.3 Å². The van der Waals surface area contributed by atoms with Crippen molar-refractivity contribution in [2.75, 3.05) is 5.32 Å². The minimum Gasteiger partial charge on any atom is -0.381 e. The lowest BCUT2D eigenvalue weighted by molar-refractivity contribution is 0.790. The van der Waals surface area contributed by atoms with Crippen LogP contribution in [0.3, 0.4) is 0 Å². The monoisotopic (exact) mass is 232 g/mol. The number of nitrogens with one attached hydrogen (secondary N) is 1. The van der Waals surface area contributed by atoms with Gasteiger partial charge in [-0.3, -0.25) is 4.98 Å². The Labute approximate surface area is 100 Å². The highest BCUT2D eigenvalue weighted by atomic mass is 32.1. The van der Waals surface area contributed by atoms with E-state index in [1.165, 1.54) is 5.56 Å². The van der Waals surface area contributed by atoms with Crippen LogP contribution in [0.15, 0.2) is 35.2 Å². The molecule has 0 saturated heterocycles. The van der Waals surface area contributed by atoms with Gasteiger partial charge in [-0.1, -0.05) is 0 Å². The fourth-order valence-corrected chi connectivity index (χ4v) is 2.40. The van der Waals surface area contributed by atoms with Gasteiger partial charge in [0.05, 0.1) is 11.4 Å². The lowest BCUT2D eigenvalue weighted by Gasteiger charge is -2.15. The second-order valence-corrected chi connectivity index (χ2v) is 4.80. The van der Waals surface area contributed by atoms with Gasteiger partial charge in [0, 0.05) is 12.2 Å². The Morgan fingerprint density at radius 1 is 1.44 bits per heavy atom. The molecular weight excluding hydrogens is 216 g/mol. The largest absolute Gasteiger partial charge is 0.381 e. The molecule has 1 unspecified atom stereocenters. The fourth-order valence-electron chi connectivity index (χ4n) is 1.72. The smallest absolute Gasteiger partial charge is 0.0603 e. The van der Waals surface area contributed by atoms with Gasteiger partial charge in [0.2, 0.25) is 0 Å². The van der Waals surface area contributed by atoms with Crippen LogP contribution in [-0.2, 0) is 6.42 Å². The van der Waals surface area contributed by atoms with Crippen molar-refractivity contribution >= 4 is 17.0 Å². The van der Waals surface area contributed by atoms with Crippen molar-refractivity contribution in [3.8, 4) is 0 Å². The molecule has 2 heterocycles. The highest BCUT2D eigenvalue weighted by molar-refractivity contribution is 7.07. The van der Waals surface area contributed by atoms with Crippen molar-refractivity contribution in [2.24, 2.45) is 0 Å².